The predicted molar refractivity (Wildman–Crippen MR) is 38.3 cm³/mol. The van der Waals surface area contributed by atoms with E-state index in [1.807, 2.05) is 0 Å². The van der Waals surface area contributed by atoms with Gasteiger partial charge in [-0.15, -0.1) is 0 Å². The molecule has 0 radical (unpaired) electrons. The molecule has 0 bridgehead atoms. The molecule has 0 aliphatic carbocycles. The van der Waals surface area contributed by atoms with Crippen LogP contribution in [0.25, 0.3) is 10.9 Å². The first kappa shape index (κ1) is 2.18. The first-order valence-corrected chi connectivity index (χ1v) is 2.65. The number of rotatable bonds is 0. The average Bonchev–Trinajstić information content (AvgIpc) is 2.42. The van der Waals surface area contributed by atoms with E-state index in [0.717, 1.165) is 0 Å². The molecule has 44 valence electrons. The van der Waals surface area contributed by atoms with E-state index in [-0.39, 0.29) is 24.3 Å². The van der Waals surface area contributed by atoms with Gasteiger partial charge in [-0.25, -0.2) is 0 Å². The van der Waals surface area contributed by atoms with Crippen molar-refractivity contribution in [1.82, 2.24) is 4.98 Å². The fraction of sp³-hybridized carbons (Fsp3) is 0. The Morgan fingerprint density at radius 2 is 2.33 bits per heavy atom. The zero-order chi connectivity index (χ0) is 9.59. The summed E-state index contributed by atoms with van der Waals surface area (Å²) in [4.78, 5) is 2.67. The lowest BCUT2D eigenvalue weighted by atomic mass is 10.3. The number of H-pyrrole nitrogens is 1. The highest BCUT2D eigenvalue weighted by Gasteiger charge is 1.86. The largest absolute Gasteiger partial charge is 0.361 e. The maximum atomic E-state index is 7.52. The van der Waals surface area contributed by atoms with Gasteiger partial charge >= 0.3 is 0 Å². The van der Waals surface area contributed by atoms with E-state index in [9.17, 15) is 0 Å². The maximum Gasteiger partial charge on any atom is 0.0816 e. The number of para-hydroxylation sites is 1. The third-order valence-electron chi connectivity index (χ3n) is 1.20. The second-order valence-electron chi connectivity index (χ2n) is 1.78. The summed E-state index contributed by atoms with van der Waals surface area (Å²) in [6.07, 6.45) is 0.202. The van der Waals surface area contributed by atoms with Crippen LogP contribution in [0.4, 0.5) is 0 Å². The molecule has 0 saturated heterocycles. The topological polar surface area (TPSA) is 15.8 Å². The van der Waals surface area contributed by atoms with Crippen LogP contribution in [0.15, 0.2) is 36.4 Å². The molecule has 0 amide bonds. The number of fused-ring (bicyclic) bond motifs is 1. The summed E-state index contributed by atoms with van der Waals surface area (Å²) in [5, 5.41) is 0.649. The van der Waals surface area contributed by atoms with E-state index >= 15 is 0 Å². The average molecular weight is 121 g/mol. The molecule has 1 aromatic heterocycles. The van der Waals surface area contributed by atoms with E-state index in [1.54, 1.807) is 6.07 Å². The lowest BCUT2D eigenvalue weighted by Crippen LogP contribution is -1.61. The van der Waals surface area contributed by atoms with Crippen molar-refractivity contribution in [2.75, 3.05) is 0 Å². The van der Waals surface area contributed by atoms with Crippen LogP contribution in [0.2, 0.25) is 0 Å². The van der Waals surface area contributed by atoms with Gasteiger partial charge in [0.25, 0.3) is 0 Å². The molecule has 0 spiro atoms. The molecular weight excluding hydrogens is 110 g/mol. The second-order valence-corrected chi connectivity index (χ2v) is 1.78. The van der Waals surface area contributed by atoms with Crippen LogP contribution in [0, 0.1) is 0 Å². The highest BCUT2D eigenvalue weighted by atomic mass is 14.6. The summed E-state index contributed by atoms with van der Waals surface area (Å²) in [5.74, 6) is 0. The van der Waals surface area contributed by atoms with Gasteiger partial charge < -0.3 is 4.98 Å². The molecule has 2 rings (SSSR count). The summed E-state index contributed by atoms with van der Waals surface area (Å²) in [6, 6.07) is 2.95. The Morgan fingerprint density at radius 3 is 3.33 bits per heavy atom. The van der Waals surface area contributed by atoms with Crippen molar-refractivity contribution in [2.24, 2.45) is 0 Å². The number of benzene rings is 1. The molecule has 1 aromatic carbocycles. The fourth-order valence-electron chi connectivity index (χ4n) is 0.760. The van der Waals surface area contributed by atoms with Crippen LogP contribution in [0.5, 0.6) is 0 Å². The third kappa shape index (κ3) is 0.617. The van der Waals surface area contributed by atoms with E-state index in [1.165, 1.54) is 6.07 Å². The van der Waals surface area contributed by atoms with Crippen molar-refractivity contribution in [3.05, 3.63) is 36.4 Å². The minimum atomic E-state index is -0.102. The first-order valence-electron chi connectivity index (χ1n) is 4.65. The number of aromatic nitrogens is 1. The van der Waals surface area contributed by atoms with Crippen molar-refractivity contribution in [2.45, 2.75) is 0 Å². The molecule has 1 heterocycles. The molecule has 1 nitrogen and oxygen atoms in total. The highest BCUT2D eigenvalue weighted by molar-refractivity contribution is 5.78. The molecule has 0 aliphatic rings. The number of nitrogens with one attached hydrogen (secondary N) is 1. The SMILES string of the molecule is [2H]c1cc2cc([2H])c([2H])c([2H])c2[nH]1. The molecule has 2 aromatic rings. The Labute approximate surface area is 58.9 Å². The molecule has 0 saturated carbocycles. The van der Waals surface area contributed by atoms with Crippen LogP contribution in [0.1, 0.15) is 5.48 Å². The third-order valence-corrected chi connectivity index (χ3v) is 1.20. The standard InChI is InChI=1S/C8H7N/c1-2-4-8-7(3-1)5-6-9-8/h1-6,9H/i1D,2D,4D,6D. The smallest absolute Gasteiger partial charge is 0.0816 e. The van der Waals surface area contributed by atoms with E-state index in [4.69, 9.17) is 5.48 Å². The molecule has 1 N–H and O–H groups in total. The minimum absolute atomic E-state index is 0.0130. The van der Waals surface area contributed by atoms with Crippen LogP contribution in [0.3, 0.4) is 0 Å². The van der Waals surface area contributed by atoms with Crippen molar-refractivity contribution in [1.29, 1.82) is 0 Å². The van der Waals surface area contributed by atoms with E-state index in [2.05, 4.69) is 4.98 Å². The Bertz CT molecular complexity index is 474. The van der Waals surface area contributed by atoms with E-state index < -0.39 is 0 Å². The molecular formula is C8H7N. The van der Waals surface area contributed by atoms with Gasteiger partial charge in [0.1, 0.15) is 0 Å². The molecule has 0 atom stereocenters. The van der Waals surface area contributed by atoms with Gasteiger partial charge in [-0.2, -0.15) is 0 Å². The lowest BCUT2D eigenvalue weighted by Gasteiger charge is -1.83. The summed E-state index contributed by atoms with van der Waals surface area (Å²) >= 11 is 0. The van der Waals surface area contributed by atoms with Gasteiger partial charge in [0.15, 0.2) is 0 Å². The summed E-state index contributed by atoms with van der Waals surface area (Å²) in [6.45, 7) is 0. The predicted octanol–water partition coefficient (Wildman–Crippen LogP) is 2.17. The van der Waals surface area contributed by atoms with Crippen molar-refractivity contribution < 1.29 is 5.48 Å². The van der Waals surface area contributed by atoms with Gasteiger partial charge in [0.2, 0.25) is 0 Å². The van der Waals surface area contributed by atoms with Crippen LogP contribution < -0.4 is 0 Å². The summed E-state index contributed by atoms with van der Waals surface area (Å²) < 4.78 is 29.6. The minimum Gasteiger partial charge on any atom is -0.361 e. The van der Waals surface area contributed by atoms with Crippen LogP contribution >= 0.6 is 0 Å². The number of hydrogen-bond acceptors (Lipinski definition) is 0. The fourth-order valence-corrected chi connectivity index (χ4v) is 0.760. The van der Waals surface area contributed by atoms with Crippen LogP contribution in [-0.2, 0) is 0 Å². The maximum absolute atomic E-state index is 7.52. The zero-order valence-corrected chi connectivity index (χ0v) is 4.65. The van der Waals surface area contributed by atoms with Crippen molar-refractivity contribution in [3.63, 3.8) is 0 Å². The molecule has 1 heteroatoms. The normalized spacial score (nSPS) is 16.4. The Balaban J connectivity index is 2.92. The Hall–Kier alpha value is -1.24. The Morgan fingerprint density at radius 1 is 1.33 bits per heavy atom. The zero-order valence-electron chi connectivity index (χ0n) is 8.65. The van der Waals surface area contributed by atoms with Crippen molar-refractivity contribution >= 4 is 10.9 Å². The molecule has 0 fully saturated rings. The summed E-state index contributed by atoms with van der Waals surface area (Å²) in [5.41, 5.74) is 0.464. The molecule has 0 unspecified atom stereocenters. The highest BCUT2D eigenvalue weighted by Crippen LogP contribution is 2.09. The second kappa shape index (κ2) is 1.62. The van der Waals surface area contributed by atoms with Gasteiger partial charge in [-0.05, 0) is 17.5 Å². The summed E-state index contributed by atoms with van der Waals surface area (Å²) in [7, 11) is 0. The van der Waals surface area contributed by atoms with Crippen LogP contribution in [-0.4, -0.2) is 4.98 Å². The quantitative estimate of drug-likeness (QED) is 0.549. The lowest BCUT2D eigenvalue weighted by molar-refractivity contribution is 1.48. The van der Waals surface area contributed by atoms with Gasteiger partial charge in [0.05, 0.1) is 5.48 Å². The van der Waals surface area contributed by atoms with Gasteiger partial charge in [-0.1, -0.05) is 18.2 Å². The van der Waals surface area contributed by atoms with Gasteiger partial charge in [-0.3, -0.25) is 0 Å². The number of aromatic amines is 1. The van der Waals surface area contributed by atoms with Gasteiger partial charge in [0, 0.05) is 11.7 Å². The van der Waals surface area contributed by atoms with E-state index in [0.29, 0.717) is 10.9 Å². The van der Waals surface area contributed by atoms with Crippen molar-refractivity contribution in [3.8, 4) is 0 Å². The molecule has 0 aliphatic heterocycles. The Kier molecular flexibility index (Phi) is 0.392. The number of hydrogen-bond donors (Lipinski definition) is 1. The molecule has 9 heavy (non-hydrogen) atoms. The first-order chi connectivity index (χ1) is 6.09. The monoisotopic (exact) mass is 121 g/mol.